The van der Waals surface area contributed by atoms with Crippen molar-refractivity contribution in [2.45, 2.75) is 20.3 Å². The molecule has 0 aliphatic carbocycles. The van der Waals surface area contributed by atoms with E-state index in [-0.39, 0.29) is 1.43 Å². The molecule has 0 aromatic carbocycles. The van der Waals surface area contributed by atoms with Crippen molar-refractivity contribution in [2.24, 2.45) is 5.73 Å². The normalized spacial score (nSPS) is 9.56. The summed E-state index contributed by atoms with van der Waals surface area (Å²) in [6, 6.07) is 0. The van der Waals surface area contributed by atoms with Crippen LogP contribution in [0.3, 0.4) is 0 Å². The maximum atomic E-state index is 4.50. The van der Waals surface area contributed by atoms with E-state index in [9.17, 15) is 0 Å². The summed E-state index contributed by atoms with van der Waals surface area (Å²) in [6.07, 6.45) is 5.12. The van der Waals surface area contributed by atoms with Gasteiger partial charge in [0.1, 0.15) is 0 Å². The largest absolute Gasteiger partial charge is 0.333 e. The zero-order valence-electron chi connectivity index (χ0n) is 6.65. The fraction of sp³-hybridized carbons (Fsp3) is 0.500. The second-order valence-electron chi connectivity index (χ2n) is 1.56. The Morgan fingerprint density at radius 3 is 2.22 bits per heavy atom. The highest BCUT2D eigenvalue weighted by Gasteiger charge is 1.71. The van der Waals surface area contributed by atoms with Gasteiger partial charge in [-0.15, -0.1) is 0 Å². The number of allylic oxidation sites excluding steroid dienone is 3. The zero-order chi connectivity index (χ0) is 7.70. The second kappa shape index (κ2) is 10.4. The molecule has 1 heteroatoms. The SMILES string of the molecule is C=C/C(C)=C\CC.CN.[HH]. The Morgan fingerprint density at radius 2 is 2.11 bits per heavy atom. The first-order valence-corrected chi connectivity index (χ1v) is 3.18. The monoisotopic (exact) mass is 129 g/mol. The van der Waals surface area contributed by atoms with E-state index in [1.54, 1.807) is 0 Å². The molecule has 0 saturated carbocycles. The maximum absolute atomic E-state index is 4.50. The van der Waals surface area contributed by atoms with Gasteiger partial charge in [0.15, 0.2) is 0 Å². The minimum absolute atomic E-state index is 0. The van der Waals surface area contributed by atoms with Crippen LogP contribution in [0, 0.1) is 0 Å². The van der Waals surface area contributed by atoms with Gasteiger partial charge in [0.2, 0.25) is 0 Å². The Bertz CT molecular complexity index is 87.3. The van der Waals surface area contributed by atoms with E-state index in [1.807, 2.05) is 6.08 Å². The third-order valence-electron chi connectivity index (χ3n) is 0.848. The van der Waals surface area contributed by atoms with Gasteiger partial charge < -0.3 is 5.73 Å². The molecule has 9 heavy (non-hydrogen) atoms. The summed E-state index contributed by atoms with van der Waals surface area (Å²) < 4.78 is 0. The van der Waals surface area contributed by atoms with Crippen molar-refractivity contribution in [1.82, 2.24) is 0 Å². The molecule has 0 atom stereocenters. The smallest absolute Gasteiger partial charge is 0 e. The van der Waals surface area contributed by atoms with Gasteiger partial charge >= 0.3 is 0 Å². The first-order chi connectivity index (χ1) is 4.31. The van der Waals surface area contributed by atoms with Gasteiger partial charge in [0.25, 0.3) is 0 Å². The van der Waals surface area contributed by atoms with Gasteiger partial charge in [-0.2, -0.15) is 0 Å². The summed E-state index contributed by atoms with van der Waals surface area (Å²) in [6.45, 7) is 7.78. The summed E-state index contributed by atoms with van der Waals surface area (Å²) in [4.78, 5) is 0. The van der Waals surface area contributed by atoms with Gasteiger partial charge in [-0.25, -0.2) is 0 Å². The highest BCUT2D eigenvalue weighted by molar-refractivity contribution is 5.11. The fourth-order valence-electron chi connectivity index (χ4n) is 0.405. The molecule has 0 saturated heterocycles. The highest BCUT2D eigenvalue weighted by atomic mass is 14.4. The molecule has 0 aromatic heterocycles. The van der Waals surface area contributed by atoms with Gasteiger partial charge in [-0.05, 0) is 20.4 Å². The summed E-state index contributed by atoms with van der Waals surface area (Å²) >= 11 is 0. The van der Waals surface area contributed by atoms with Gasteiger partial charge in [-0.3, -0.25) is 0 Å². The molecule has 0 rings (SSSR count). The van der Waals surface area contributed by atoms with Crippen LogP contribution in [0.2, 0.25) is 0 Å². The minimum Gasteiger partial charge on any atom is -0.333 e. The number of hydrogen-bond acceptors (Lipinski definition) is 1. The predicted octanol–water partition coefficient (Wildman–Crippen LogP) is 2.35. The standard InChI is InChI=1S/C7H12.CH5N.H2/c1-4-6-7(3)5-2;1-2;/h5-6H,2,4H2,1,3H3;2H2,1H3;1H/b7-6-;;. The van der Waals surface area contributed by atoms with E-state index >= 15 is 0 Å². The topological polar surface area (TPSA) is 26.0 Å². The van der Waals surface area contributed by atoms with Crippen LogP contribution in [0.4, 0.5) is 0 Å². The summed E-state index contributed by atoms with van der Waals surface area (Å²) in [5.41, 5.74) is 5.77. The van der Waals surface area contributed by atoms with Crippen LogP contribution in [-0.2, 0) is 0 Å². The van der Waals surface area contributed by atoms with Crippen molar-refractivity contribution in [3.63, 3.8) is 0 Å². The van der Waals surface area contributed by atoms with Gasteiger partial charge in [0.05, 0.1) is 0 Å². The third-order valence-corrected chi connectivity index (χ3v) is 0.848. The molecule has 2 N–H and O–H groups in total. The molecule has 0 heterocycles. The van der Waals surface area contributed by atoms with E-state index in [0.29, 0.717) is 0 Å². The van der Waals surface area contributed by atoms with E-state index < -0.39 is 0 Å². The van der Waals surface area contributed by atoms with Crippen LogP contribution in [0.15, 0.2) is 24.3 Å². The molecule has 0 radical (unpaired) electrons. The molecule has 0 unspecified atom stereocenters. The number of nitrogens with two attached hydrogens (primary N) is 1. The van der Waals surface area contributed by atoms with Crippen LogP contribution in [0.1, 0.15) is 21.7 Å². The van der Waals surface area contributed by atoms with Crippen LogP contribution in [-0.4, -0.2) is 7.05 Å². The molecule has 0 amide bonds. The Balaban J connectivity index is -0.000000149. The minimum atomic E-state index is 0. The molecule has 0 aromatic rings. The lowest BCUT2D eigenvalue weighted by molar-refractivity contribution is 1.20. The van der Waals surface area contributed by atoms with Crippen molar-refractivity contribution in [1.29, 1.82) is 0 Å². The van der Waals surface area contributed by atoms with Crippen LogP contribution < -0.4 is 5.73 Å². The first kappa shape index (κ1) is 11.3. The van der Waals surface area contributed by atoms with Crippen molar-refractivity contribution in [2.75, 3.05) is 7.05 Å². The average molecular weight is 129 g/mol. The number of hydrogen-bond donors (Lipinski definition) is 1. The van der Waals surface area contributed by atoms with Crippen molar-refractivity contribution >= 4 is 0 Å². The quantitative estimate of drug-likeness (QED) is 0.569. The molecule has 1 nitrogen and oxygen atoms in total. The highest BCUT2D eigenvalue weighted by Crippen LogP contribution is 1.92. The first-order valence-electron chi connectivity index (χ1n) is 3.18. The molecule has 0 aliphatic heterocycles. The summed E-state index contributed by atoms with van der Waals surface area (Å²) in [7, 11) is 1.50. The zero-order valence-corrected chi connectivity index (χ0v) is 6.65. The lowest BCUT2D eigenvalue weighted by atomic mass is 10.2. The Morgan fingerprint density at radius 1 is 1.67 bits per heavy atom. The molecule has 0 bridgehead atoms. The van der Waals surface area contributed by atoms with Crippen molar-refractivity contribution in [3.05, 3.63) is 24.3 Å². The van der Waals surface area contributed by atoms with Gasteiger partial charge in [-0.1, -0.05) is 31.2 Å². The van der Waals surface area contributed by atoms with Crippen molar-refractivity contribution in [3.8, 4) is 0 Å². The van der Waals surface area contributed by atoms with E-state index in [2.05, 4.69) is 32.2 Å². The molecule has 56 valence electrons. The van der Waals surface area contributed by atoms with E-state index in [1.165, 1.54) is 12.6 Å². The van der Waals surface area contributed by atoms with Crippen LogP contribution in [0.25, 0.3) is 0 Å². The third kappa shape index (κ3) is 11.2. The predicted molar refractivity (Wildman–Crippen MR) is 46.5 cm³/mol. The maximum Gasteiger partial charge on any atom is 0 e. The Labute approximate surface area is 59.7 Å². The second-order valence-corrected chi connectivity index (χ2v) is 1.56. The van der Waals surface area contributed by atoms with Gasteiger partial charge in [0, 0.05) is 1.43 Å². The molecule has 0 spiro atoms. The van der Waals surface area contributed by atoms with E-state index in [0.717, 1.165) is 6.42 Å². The molecular formula is C8H19N. The summed E-state index contributed by atoms with van der Waals surface area (Å²) in [5.74, 6) is 0. The molecule has 0 fully saturated rings. The van der Waals surface area contributed by atoms with Crippen LogP contribution in [0.5, 0.6) is 0 Å². The molecule has 0 aliphatic rings. The molecular weight excluding hydrogens is 110 g/mol. The summed E-state index contributed by atoms with van der Waals surface area (Å²) in [5, 5.41) is 0. The Hall–Kier alpha value is -0.560. The van der Waals surface area contributed by atoms with Crippen LogP contribution >= 0.6 is 0 Å². The lowest BCUT2D eigenvalue weighted by Gasteiger charge is -1.83. The van der Waals surface area contributed by atoms with E-state index in [4.69, 9.17) is 0 Å². The number of rotatable bonds is 2. The lowest BCUT2D eigenvalue weighted by Crippen LogP contribution is -1.69. The fourth-order valence-corrected chi connectivity index (χ4v) is 0.405. The average Bonchev–Trinajstić information content (AvgIpc) is 1.93. The van der Waals surface area contributed by atoms with Crippen molar-refractivity contribution < 1.29 is 1.43 Å². The Kier molecular flexibility index (Phi) is 13.1.